The number of alkyl halides is 3. The number of halogens is 3. The Morgan fingerprint density at radius 3 is 2.48 bits per heavy atom. The second kappa shape index (κ2) is 6.97. The zero-order chi connectivity index (χ0) is 20.8. The van der Waals surface area contributed by atoms with Crippen LogP contribution >= 0.6 is 11.3 Å². The average molecular weight is 423 g/mol. The van der Waals surface area contributed by atoms with Crippen molar-refractivity contribution in [3.05, 3.63) is 64.2 Å². The molecule has 0 radical (unpaired) electrons. The molecule has 0 saturated carbocycles. The number of aromatic nitrogens is 2. The van der Waals surface area contributed by atoms with E-state index in [1.807, 2.05) is 34.9 Å². The van der Waals surface area contributed by atoms with Gasteiger partial charge >= 0.3 is 6.18 Å². The fraction of sp³-hybridized carbons (Fsp3) is 0.263. The van der Waals surface area contributed by atoms with Gasteiger partial charge in [0.05, 0.1) is 28.2 Å². The summed E-state index contributed by atoms with van der Waals surface area (Å²) < 4.78 is 40.4. The van der Waals surface area contributed by atoms with Crippen LogP contribution in [0.3, 0.4) is 0 Å². The summed E-state index contributed by atoms with van der Waals surface area (Å²) in [7, 11) is 0. The molecule has 0 aliphatic carbocycles. The molecule has 0 atom stereocenters. The molecule has 10 heteroatoms. The van der Waals surface area contributed by atoms with E-state index in [1.165, 1.54) is 11.0 Å². The van der Waals surface area contributed by atoms with E-state index >= 15 is 0 Å². The molecule has 3 aromatic rings. The highest BCUT2D eigenvalue weighted by Crippen LogP contribution is 2.40. The van der Waals surface area contributed by atoms with Crippen LogP contribution in [0.5, 0.6) is 0 Å². The molecule has 1 aliphatic heterocycles. The molecule has 0 unspecified atom stereocenters. The number of aliphatic hydroxyl groups is 2. The third kappa shape index (κ3) is 3.43. The quantitative estimate of drug-likeness (QED) is 0.635. The van der Waals surface area contributed by atoms with Crippen LogP contribution in [0.15, 0.2) is 48.7 Å². The number of nitrogens with zero attached hydrogens (tertiary/aromatic N) is 3. The second-order valence-corrected chi connectivity index (χ2v) is 7.72. The number of carbonyl (C=O) groups excluding carboxylic acids is 1. The van der Waals surface area contributed by atoms with E-state index < -0.39 is 22.7 Å². The predicted octanol–water partition coefficient (Wildman–Crippen LogP) is 2.97. The van der Waals surface area contributed by atoms with Crippen LogP contribution in [0, 0.1) is 0 Å². The minimum absolute atomic E-state index is 0.0000129. The lowest BCUT2D eigenvalue weighted by molar-refractivity contribution is -0.356. The summed E-state index contributed by atoms with van der Waals surface area (Å²) in [6.07, 6.45) is -3.53. The van der Waals surface area contributed by atoms with Crippen molar-refractivity contribution in [3.63, 3.8) is 0 Å². The third-order valence-electron chi connectivity index (χ3n) is 4.78. The summed E-state index contributed by atoms with van der Waals surface area (Å²) in [6.45, 7) is 1.06. The van der Waals surface area contributed by atoms with Crippen molar-refractivity contribution in [2.75, 3.05) is 6.54 Å². The van der Waals surface area contributed by atoms with Crippen molar-refractivity contribution in [1.29, 1.82) is 0 Å². The van der Waals surface area contributed by atoms with Gasteiger partial charge in [-0.1, -0.05) is 30.3 Å². The number of carbonyl (C=O) groups is 1. The Labute approximate surface area is 167 Å². The first-order valence-corrected chi connectivity index (χ1v) is 9.51. The topological polar surface area (TPSA) is 78.6 Å². The maximum atomic E-state index is 12.8. The normalized spacial score (nSPS) is 14.7. The van der Waals surface area contributed by atoms with Crippen LogP contribution in [0.2, 0.25) is 0 Å². The molecule has 2 aromatic heterocycles. The standard InChI is InChI=1S/C19H16F3N3O3S/c20-19(21,22)18(27,28)15-7-6-14(29-15)17(26)24-8-9-25-13(10-23-16(25)11-24)12-4-2-1-3-5-12/h1-7,10,27-28H,8-9,11H2. The molecular formula is C19H16F3N3O3S. The molecule has 0 fully saturated rings. The van der Waals surface area contributed by atoms with Gasteiger partial charge in [-0.05, 0) is 17.7 Å². The Morgan fingerprint density at radius 1 is 1.07 bits per heavy atom. The lowest BCUT2D eigenvalue weighted by Gasteiger charge is -2.28. The smallest absolute Gasteiger partial charge is 0.354 e. The summed E-state index contributed by atoms with van der Waals surface area (Å²) in [5.74, 6) is -3.79. The van der Waals surface area contributed by atoms with Crippen LogP contribution in [-0.4, -0.2) is 43.3 Å². The number of benzene rings is 1. The number of imidazole rings is 1. The molecule has 6 nitrogen and oxygen atoms in total. The average Bonchev–Trinajstić information content (AvgIpc) is 3.34. The van der Waals surface area contributed by atoms with Crippen molar-refractivity contribution in [1.82, 2.24) is 14.5 Å². The Kier molecular flexibility index (Phi) is 4.72. The van der Waals surface area contributed by atoms with E-state index in [0.29, 0.717) is 30.3 Å². The van der Waals surface area contributed by atoms with Gasteiger partial charge in [-0.2, -0.15) is 13.2 Å². The molecular weight excluding hydrogens is 407 g/mol. The van der Waals surface area contributed by atoms with Crippen molar-refractivity contribution >= 4 is 17.2 Å². The highest BCUT2D eigenvalue weighted by molar-refractivity contribution is 7.14. The zero-order valence-corrected chi connectivity index (χ0v) is 15.7. The number of rotatable bonds is 3. The highest BCUT2D eigenvalue weighted by Gasteiger charge is 2.55. The molecule has 3 heterocycles. The molecule has 152 valence electrons. The zero-order valence-electron chi connectivity index (χ0n) is 14.9. The molecule has 4 rings (SSSR count). The van der Waals surface area contributed by atoms with Crippen LogP contribution in [0.1, 0.15) is 20.4 Å². The third-order valence-corrected chi connectivity index (χ3v) is 5.95. The van der Waals surface area contributed by atoms with Crippen molar-refractivity contribution in [2.24, 2.45) is 0 Å². The number of fused-ring (bicyclic) bond motifs is 1. The molecule has 29 heavy (non-hydrogen) atoms. The minimum Gasteiger partial charge on any atom is -0.354 e. The van der Waals surface area contributed by atoms with Crippen molar-refractivity contribution in [2.45, 2.75) is 25.1 Å². The first-order chi connectivity index (χ1) is 13.7. The van der Waals surface area contributed by atoms with Crippen LogP contribution in [-0.2, 0) is 18.9 Å². The molecule has 0 spiro atoms. The summed E-state index contributed by atoms with van der Waals surface area (Å²) in [4.78, 5) is 17.8. The fourth-order valence-electron chi connectivity index (χ4n) is 3.21. The highest BCUT2D eigenvalue weighted by atomic mass is 32.1. The van der Waals surface area contributed by atoms with Gasteiger partial charge in [0, 0.05) is 13.1 Å². The van der Waals surface area contributed by atoms with Gasteiger partial charge < -0.3 is 19.7 Å². The first kappa shape index (κ1) is 19.6. The largest absolute Gasteiger partial charge is 0.448 e. The Balaban J connectivity index is 1.54. The van der Waals surface area contributed by atoms with Crippen molar-refractivity contribution in [3.8, 4) is 11.3 Å². The predicted molar refractivity (Wildman–Crippen MR) is 98.9 cm³/mol. The van der Waals surface area contributed by atoms with E-state index in [9.17, 15) is 28.2 Å². The summed E-state index contributed by atoms with van der Waals surface area (Å²) in [5, 5.41) is 18.7. The van der Waals surface area contributed by atoms with Gasteiger partial charge in [-0.15, -0.1) is 11.3 Å². The fourth-order valence-corrected chi connectivity index (χ4v) is 4.19. The monoisotopic (exact) mass is 423 g/mol. The maximum Gasteiger partial charge on any atom is 0.448 e. The van der Waals surface area contributed by atoms with Gasteiger partial charge in [-0.25, -0.2) is 4.98 Å². The lowest BCUT2D eigenvalue weighted by Crippen LogP contribution is -2.41. The lowest BCUT2D eigenvalue weighted by atomic mass is 10.1. The molecule has 0 saturated heterocycles. The van der Waals surface area contributed by atoms with Crippen LogP contribution < -0.4 is 0 Å². The van der Waals surface area contributed by atoms with Crippen LogP contribution in [0.4, 0.5) is 13.2 Å². The molecule has 2 N–H and O–H groups in total. The number of hydrogen-bond donors (Lipinski definition) is 2. The Morgan fingerprint density at radius 2 is 1.79 bits per heavy atom. The van der Waals surface area contributed by atoms with E-state index in [1.54, 1.807) is 6.20 Å². The summed E-state index contributed by atoms with van der Waals surface area (Å²) in [6, 6.07) is 11.8. The van der Waals surface area contributed by atoms with Crippen molar-refractivity contribution < 1.29 is 28.2 Å². The SMILES string of the molecule is O=C(c1ccc(C(O)(O)C(F)(F)F)s1)N1CCn2c(-c3ccccc3)cnc2C1. The van der Waals surface area contributed by atoms with E-state index in [0.717, 1.165) is 17.3 Å². The number of amides is 1. The number of thiophene rings is 1. The molecule has 1 amide bonds. The number of hydrogen-bond acceptors (Lipinski definition) is 5. The van der Waals surface area contributed by atoms with Gasteiger partial charge in [0.2, 0.25) is 0 Å². The molecule has 1 aromatic carbocycles. The Bertz CT molecular complexity index is 1040. The summed E-state index contributed by atoms with van der Waals surface area (Å²) in [5.41, 5.74) is 1.94. The molecule has 1 aliphatic rings. The van der Waals surface area contributed by atoms with Gasteiger partial charge in [0.25, 0.3) is 11.7 Å². The van der Waals surface area contributed by atoms with Crippen LogP contribution in [0.25, 0.3) is 11.3 Å². The first-order valence-electron chi connectivity index (χ1n) is 8.69. The molecule has 0 bridgehead atoms. The van der Waals surface area contributed by atoms with Gasteiger partial charge in [0.1, 0.15) is 5.82 Å². The van der Waals surface area contributed by atoms with E-state index in [4.69, 9.17) is 0 Å². The Hall–Kier alpha value is -2.69. The maximum absolute atomic E-state index is 12.8. The van der Waals surface area contributed by atoms with Gasteiger partial charge in [-0.3, -0.25) is 4.79 Å². The van der Waals surface area contributed by atoms with E-state index in [2.05, 4.69) is 4.98 Å². The minimum atomic E-state index is -5.26. The van der Waals surface area contributed by atoms with Gasteiger partial charge in [0.15, 0.2) is 0 Å². The van der Waals surface area contributed by atoms with E-state index in [-0.39, 0.29) is 11.4 Å². The summed E-state index contributed by atoms with van der Waals surface area (Å²) >= 11 is 0.413. The second-order valence-electron chi connectivity index (χ2n) is 6.64.